The van der Waals surface area contributed by atoms with E-state index in [4.69, 9.17) is 0 Å². The number of hydrogen-bond acceptors (Lipinski definition) is 2. The predicted octanol–water partition coefficient (Wildman–Crippen LogP) is 1.65. The lowest BCUT2D eigenvalue weighted by atomic mass is 10.1. The minimum atomic E-state index is 0.182. The van der Waals surface area contributed by atoms with Gasteiger partial charge in [0, 0.05) is 19.1 Å². The summed E-state index contributed by atoms with van der Waals surface area (Å²) in [7, 11) is 0. The molecule has 0 aliphatic carbocycles. The zero-order valence-corrected chi connectivity index (χ0v) is 10.2. The molecule has 0 aromatic carbocycles. The van der Waals surface area contributed by atoms with Crippen LogP contribution in [0.3, 0.4) is 0 Å². The first-order valence-corrected chi connectivity index (χ1v) is 6.47. The van der Waals surface area contributed by atoms with Gasteiger partial charge >= 0.3 is 0 Å². The molecule has 2 rings (SSSR count). The Balaban J connectivity index is 1.84. The predicted molar refractivity (Wildman–Crippen MR) is 65.2 cm³/mol. The highest BCUT2D eigenvalue weighted by molar-refractivity contribution is 5.87. The van der Waals surface area contributed by atoms with E-state index in [0.717, 1.165) is 19.5 Å². The quantitative estimate of drug-likeness (QED) is 0.663. The Bertz CT molecular complexity index is 269. The highest BCUT2D eigenvalue weighted by atomic mass is 16.2. The fourth-order valence-electron chi connectivity index (χ4n) is 2.77. The van der Waals surface area contributed by atoms with Crippen LogP contribution in [0.1, 0.15) is 32.6 Å². The van der Waals surface area contributed by atoms with Crippen molar-refractivity contribution in [2.24, 2.45) is 0 Å². The number of amides is 1. The summed E-state index contributed by atoms with van der Waals surface area (Å²) in [5, 5.41) is 0. The Labute approximate surface area is 98.1 Å². The standard InChI is InChI=1S/C13H22N2O/c1-2-6-13(16)15-10-7-12(11-15)14-8-4-3-5-9-14/h2,6,12H,3-5,7-11H2,1H3. The Morgan fingerprint density at radius 1 is 1.19 bits per heavy atom. The average Bonchev–Trinajstić information content (AvgIpc) is 2.80. The van der Waals surface area contributed by atoms with E-state index in [1.54, 1.807) is 6.08 Å². The van der Waals surface area contributed by atoms with Gasteiger partial charge in [0.05, 0.1) is 0 Å². The molecule has 2 aliphatic heterocycles. The van der Waals surface area contributed by atoms with Gasteiger partial charge in [-0.15, -0.1) is 0 Å². The largest absolute Gasteiger partial charge is 0.338 e. The van der Waals surface area contributed by atoms with Gasteiger partial charge in [0.25, 0.3) is 0 Å². The van der Waals surface area contributed by atoms with E-state index in [1.807, 2.05) is 17.9 Å². The summed E-state index contributed by atoms with van der Waals surface area (Å²) in [5.41, 5.74) is 0. The molecule has 2 fully saturated rings. The number of carbonyl (C=O) groups excluding carboxylic acids is 1. The lowest BCUT2D eigenvalue weighted by Gasteiger charge is -2.32. The van der Waals surface area contributed by atoms with Crippen molar-refractivity contribution >= 4 is 5.91 Å². The number of nitrogens with zero attached hydrogens (tertiary/aromatic N) is 2. The van der Waals surface area contributed by atoms with Crippen molar-refractivity contribution in [1.29, 1.82) is 0 Å². The van der Waals surface area contributed by atoms with Crippen molar-refractivity contribution in [2.75, 3.05) is 26.2 Å². The molecular weight excluding hydrogens is 200 g/mol. The molecule has 90 valence electrons. The van der Waals surface area contributed by atoms with Crippen LogP contribution in [-0.4, -0.2) is 47.9 Å². The molecule has 0 radical (unpaired) electrons. The fraction of sp³-hybridized carbons (Fsp3) is 0.769. The van der Waals surface area contributed by atoms with Crippen LogP contribution in [0.15, 0.2) is 12.2 Å². The third kappa shape index (κ3) is 2.64. The highest BCUT2D eigenvalue weighted by Crippen LogP contribution is 2.20. The molecule has 1 unspecified atom stereocenters. The molecule has 2 heterocycles. The summed E-state index contributed by atoms with van der Waals surface area (Å²) in [6.45, 7) is 6.23. The summed E-state index contributed by atoms with van der Waals surface area (Å²) in [5.74, 6) is 0.182. The number of rotatable bonds is 2. The second-order valence-electron chi connectivity index (χ2n) is 4.82. The summed E-state index contributed by atoms with van der Waals surface area (Å²) >= 11 is 0. The summed E-state index contributed by atoms with van der Waals surface area (Å²) < 4.78 is 0. The second kappa shape index (κ2) is 5.48. The SMILES string of the molecule is CC=CC(=O)N1CCC(N2CCCCC2)C1. The Hall–Kier alpha value is -0.830. The molecule has 3 heteroatoms. The van der Waals surface area contributed by atoms with Crippen molar-refractivity contribution in [3.8, 4) is 0 Å². The van der Waals surface area contributed by atoms with E-state index in [2.05, 4.69) is 4.90 Å². The van der Waals surface area contributed by atoms with E-state index in [9.17, 15) is 4.79 Å². The van der Waals surface area contributed by atoms with Crippen molar-refractivity contribution in [3.63, 3.8) is 0 Å². The summed E-state index contributed by atoms with van der Waals surface area (Å²) in [6, 6.07) is 0.620. The third-order valence-electron chi connectivity index (χ3n) is 3.69. The maximum atomic E-state index is 11.7. The molecule has 0 saturated carbocycles. The second-order valence-corrected chi connectivity index (χ2v) is 4.82. The molecule has 0 bridgehead atoms. The van der Waals surface area contributed by atoms with Crippen molar-refractivity contribution in [2.45, 2.75) is 38.6 Å². The van der Waals surface area contributed by atoms with Crippen LogP contribution in [0, 0.1) is 0 Å². The number of piperidine rings is 1. The zero-order valence-electron chi connectivity index (χ0n) is 10.2. The molecular formula is C13H22N2O. The molecule has 0 spiro atoms. The van der Waals surface area contributed by atoms with Gasteiger partial charge in [-0.25, -0.2) is 0 Å². The first-order valence-electron chi connectivity index (χ1n) is 6.47. The van der Waals surface area contributed by atoms with Gasteiger partial charge in [0.15, 0.2) is 0 Å². The lowest BCUT2D eigenvalue weighted by molar-refractivity contribution is -0.125. The zero-order chi connectivity index (χ0) is 11.4. The van der Waals surface area contributed by atoms with Crippen LogP contribution in [0.5, 0.6) is 0 Å². The van der Waals surface area contributed by atoms with E-state index < -0.39 is 0 Å². The first-order chi connectivity index (χ1) is 7.81. The summed E-state index contributed by atoms with van der Waals surface area (Å²) in [4.78, 5) is 16.3. The van der Waals surface area contributed by atoms with Crippen LogP contribution >= 0.6 is 0 Å². The van der Waals surface area contributed by atoms with Crippen LogP contribution in [-0.2, 0) is 4.79 Å². The van der Waals surface area contributed by atoms with Gasteiger partial charge in [0.2, 0.25) is 5.91 Å². The van der Waals surface area contributed by atoms with Gasteiger partial charge in [-0.05, 0) is 45.4 Å². The Kier molecular flexibility index (Phi) is 3.99. The monoisotopic (exact) mass is 222 g/mol. The molecule has 0 aromatic rings. The minimum absolute atomic E-state index is 0.182. The van der Waals surface area contributed by atoms with E-state index in [1.165, 1.54) is 32.4 Å². The smallest absolute Gasteiger partial charge is 0.246 e. The van der Waals surface area contributed by atoms with Crippen LogP contribution in [0.2, 0.25) is 0 Å². The molecule has 1 atom stereocenters. The summed E-state index contributed by atoms with van der Waals surface area (Å²) in [6.07, 6.45) is 8.71. The molecule has 3 nitrogen and oxygen atoms in total. The normalized spacial score (nSPS) is 27.8. The van der Waals surface area contributed by atoms with Crippen LogP contribution in [0.4, 0.5) is 0 Å². The number of likely N-dealkylation sites (tertiary alicyclic amines) is 2. The fourth-order valence-corrected chi connectivity index (χ4v) is 2.77. The molecule has 2 aliphatic rings. The van der Waals surface area contributed by atoms with Crippen molar-refractivity contribution in [1.82, 2.24) is 9.80 Å². The Morgan fingerprint density at radius 2 is 1.94 bits per heavy atom. The topological polar surface area (TPSA) is 23.6 Å². The maximum Gasteiger partial charge on any atom is 0.246 e. The number of allylic oxidation sites excluding steroid dienone is 1. The number of carbonyl (C=O) groups is 1. The molecule has 1 amide bonds. The minimum Gasteiger partial charge on any atom is -0.338 e. The van der Waals surface area contributed by atoms with Crippen LogP contribution < -0.4 is 0 Å². The van der Waals surface area contributed by atoms with Crippen molar-refractivity contribution in [3.05, 3.63) is 12.2 Å². The van der Waals surface area contributed by atoms with Gasteiger partial charge < -0.3 is 4.90 Å². The molecule has 0 N–H and O–H groups in total. The third-order valence-corrected chi connectivity index (χ3v) is 3.69. The van der Waals surface area contributed by atoms with Gasteiger partial charge in [0.1, 0.15) is 0 Å². The highest BCUT2D eigenvalue weighted by Gasteiger charge is 2.29. The van der Waals surface area contributed by atoms with E-state index in [-0.39, 0.29) is 5.91 Å². The van der Waals surface area contributed by atoms with Gasteiger partial charge in [-0.2, -0.15) is 0 Å². The maximum absolute atomic E-state index is 11.7. The van der Waals surface area contributed by atoms with Gasteiger partial charge in [-0.1, -0.05) is 12.5 Å². The van der Waals surface area contributed by atoms with E-state index >= 15 is 0 Å². The van der Waals surface area contributed by atoms with Crippen molar-refractivity contribution < 1.29 is 4.79 Å². The lowest BCUT2D eigenvalue weighted by Crippen LogP contribution is -2.41. The van der Waals surface area contributed by atoms with Crippen LogP contribution in [0.25, 0.3) is 0 Å². The van der Waals surface area contributed by atoms with E-state index in [0.29, 0.717) is 6.04 Å². The Morgan fingerprint density at radius 3 is 2.62 bits per heavy atom. The first kappa shape index (κ1) is 11.6. The van der Waals surface area contributed by atoms with Gasteiger partial charge in [-0.3, -0.25) is 9.69 Å². The number of hydrogen-bond donors (Lipinski definition) is 0. The molecule has 2 saturated heterocycles. The molecule has 16 heavy (non-hydrogen) atoms. The average molecular weight is 222 g/mol. The molecule has 0 aromatic heterocycles.